The van der Waals surface area contributed by atoms with Crippen molar-refractivity contribution < 1.29 is 14.6 Å². The third kappa shape index (κ3) is 33.0. The van der Waals surface area contributed by atoms with Gasteiger partial charge >= 0.3 is 5.97 Å². The largest absolute Gasteiger partial charge is 0.464 e. The third-order valence-electron chi connectivity index (χ3n) is 3.63. The van der Waals surface area contributed by atoms with Crippen molar-refractivity contribution in [1.29, 1.82) is 5.41 Å². The highest BCUT2D eigenvalue weighted by Crippen LogP contribution is 2.10. The van der Waals surface area contributed by atoms with E-state index in [2.05, 4.69) is 29.0 Å². The zero-order chi connectivity index (χ0) is 28.6. The van der Waals surface area contributed by atoms with Crippen molar-refractivity contribution in [3.63, 3.8) is 0 Å². The topological polar surface area (TPSA) is 99.6 Å². The lowest BCUT2D eigenvalue weighted by Crippen LogP contribution is -2.37. The highest BCUT2D eigenvalue weighted by atomic mass is 31.0. The number of nitrogens with zero attached hydrogens (tertiary/aromatic N) is 1. The van der Waals surface area contributed by atoms with Crippen LogP contribution in [0.1, 0.15) is 27.2 Å². The first-order valence-corrected chi connectivity index (χ1v) is 12.3. The Hall–Kier alpha value is -3.21. The monoisotopic (exact) mass is 517 g/mol. The predicted octanol–water partition coefficient (Wildman–Crippen LogP) is 5.90. The molecule has 0 saturated carbocycles. The number of allylic oxidation sites excluding steroid dienone is 15. The van der Waals surface area contributed by atoms with E-state index in [-0.39, 0.29) is 18.5 Å². The van der Waals surface area contributed by atoms with E-state index in [1.165, 1.54) is 4.90 Å². The van der Waals surface area contributed by atoms with Crippen molar-refractivity contribution in [2.24, 2.45) is 5.73 Å². The SMILES string of the molecule is C=C/C=C\C(=C/C)C(=C)/C=C\C=C/C.C=C/C=C\C=C/C.CN(CC(=O)OCCCP)C(=N)N.CO. The molecule has 0 rings (SSSR count). The fourth-order valence-electron chi connectivity index (χ4n) is 1.79. The van der Waals surface area contributed by atoms with Gasteiger partial charge in [0.05, 0.1) is 6.61 Å². The van der Waals surface area contributed by atoms with Crippen LogP contribution in [-0.2, 0) is 9.53 Å². The number of carbonyl (C=O) groups excluding carboxylic acids is 1. The number of esters is 1. The molecule has 0 aromatic heterocycles. The Kier molecular flexibility index (Phi) is 37.7. The lowest BCUT2D eigenvalue weighted by molar-refractivity contribution is -0.143. The van der Waals surface area contributed by atoms with Crippen LogP contribution in [-0.4, -0.2) is 55.4 Å². The Labute approximate surface area is 222 Å². The minimum atomic E-state index is -0.351. The molecule has 0 aliphatic carbocycles. The molecular formula is C29H48N3O3P. The van der Waals surface area contributed by atoms with Crippen LogP contribution in [0.2, 0.25) is 0 Å². The number of guanidine groups is 1. The summed E-state index contributed by atoms with van der Waals surface area (Å²) >= 11 is 0. The van der Waals surface area contributed by atoms with Crippen LogP contribution >= 0.6 is 9.24 Å². The number of hydrogen-bond acceptors (Lipinski definition) is 4. The van der Waals surface area contributed by atoms with Crippen LogP contribution in [0.15, 0.2) is 110 Å². The number of likely N-dealkylation sites (N-methyl/N-ethyl adjacent to an activating group) is 1. The molecule has 0 amide bonds. The van der Waals surface area contributed by atoms with Gasteiger partial charge < -0.3 is 20.5 Å². The number of aliphatic hydroxyl groups excluding tert-OH is 1. The molecule has 1 atom stereocenters. The van der Waals surface area contributed by atoms with Gasteiger partial charge in [-0.05, 0) is 44.5 Å². The standard InChI is InChI=1S/C14H18.C7H16N3O2P.C7H10.CH4O/c1-5-8-10-11-13(4)14(7-3)12-9-6-2;1-10(7(8)9)5-6(11)12-3-2-4-13;1-3-5-7-6-4-2;1-2/h5-12H,2,4H2,1,3H3;2-5,13H2,1H3,(H3,8,9);3-7H,1H2,2H3;2H,1H3/b8-5-,11-10-,12-9-,14-7+;;6-4-,7-5-;. The summed E-state index contributed by atoms with van der Waals surface area (Å²) in [5, 5.41) is 14.0. The number of hydrogen-bond donors (Lipinski definition) is 3. The summed E-state index contributed by atoms with van der Waals surface area (Å²) in [6.07, 6.45) is 26.9. The molecule has 0 aromatic rings. The first-order chi connectivity index (χ1) is 17.2. The molecule has 6 nitrogen and oxygen atoms in total. The summed E-state index contributed by atoms with van der Waals surface area (Å²) in [6.45, 7) is 17.5. The van der Waals surface area contributed by atoms with E-state index in [4.69, 9.17) is 21.0 Å². The van der Waals surface area contributed by atoms with Crippen LogP contribution < -0.4 is 5.73 Å². The van der Waals surface area contributed by atoms with Gasteiger partial charge in [-0.1, -0.05) is 98.7 Å². The molecule has 0 bridgehead atoms. The van der Waals surface area contributed by atoms with Crippen LogP contribution in [0, 0.1) is 5.41 Å². The molecule has 0 saturated heterocycles. The van der Waals surface area contributed by atoms with Crippen molar-refractivity contribution in [1.82, 2.24) is 4.90 Å². The Balaban J connectivity index is -0.000000216. The van der Waals surface area contributed by atoms with E-state index in [0.717, 1.165) is 30.8 Å². The fraction of sp³-hybridized carbons (Fsp3) is 0.310. The molecule has 0 radical (unpaired) electrons. The normalized spacial score (nSPS) is 10.8. The molecule has 4 N–H and O–H groups in total. The molecule has 202 valence electrons. The minimum Gasteiger partial charge on any atom is -0.464 e. The van der Waals surface area contributed by atoms with Gasteiger partial charge in [0.15, 0.2) is 5.96 Å². The Morgan fingerprint density at radius 1 is 1.00 bits per heavy atom. The smallest absolute Gasteiger partial charge is 0.325 e. The van der Waals surface area contributed by atoms with Gasteiger partial charge in [-0.25, -0.2) is 0 Å². The number of ether oxygens (including phenoxy) is 1. The summed E-state index contributed by atoms with van der Waals surface area (Å²) in [6, 6.07) is 0. The number of nitrogens with one attached hydrogen (secondary N) is 1. The second-order valence-electron chi connectivity index (χ2n) is 6.50. The molecule has 0 aromatic carbocycles. The van der Waals surface area contributed by atoms with Gasteiger partial charge in [0.25, 0.3) is 0 Å². The van der Waals surface area contributed by atoms with E-state index in [1.54, 1.807) is 19.2 Å². The van der Waals surface area contributed by atoms with Crippen LogP contribution in [0.4, 0.5) is 0 Å². The number of aliphatic hydroxyl groups is 1. The van der Waals surface area contributed by atoms with Gasteiger partial charge in [0.1, 0.15) is 6.54 Å². The maximum Gasteiger partial charge on any atom is 0.325 e. The van der Waals surface area contributed by atoms with E-state index >= 15 is 0 Å². The summed E-state index contributed by atoms with van der Waals surface area (Å²) < 4.78 is 4.86. The Bertz CT molecular complexity index is 777. The van der Waals surface area contributed by atoms with Gasteiger partial charge in [0.2, 0.25) is 0 Å². The van der Waals surface area contributed by atoms with Crippen molar-refractivity contribution in [2.45, 2.75) is 27.2 Å². The molecular weight excluding hydrogens is 469 g/mol. The number of rotatable bonds is 12. The van der Waals surface area contributed by atoms with Crippen LogP contribution in [0.3, 0.4) is 0 Å². The van der Waals surface area contributed by atoms with Gasteiger partial charge in [-0.3, -0.25) is 10.2 Å². The first kappa shape index (κ1) is 40.0. The molecule has 0 fully saturated rings. The molecule has 0 aliphatic heterocycles. The second-order valence-corrected chi connectivity index (χ2v) is 7.08. The first-order valence-electron chi connectivity index (χ1n) is 11.4. The average molecular weight is 518 g/mol. The zero-order valence-corrected chi connectivity index (χ0v) is 24.0. The Morgan fingerprint density at radius 3 is 2.00 bits per heavy atom. The van der Waals surface area contributed by atoms with E-state index < -0.39 is 0 Å². The van der Waals surface area contributed by atoms with E-state index in [0.29, 0.717) is 6.61 Å². The molecule has 7 heteroatoms. The highest BCUT2D eigenvalue weighted by molar-refractivity contribution is 7.16. The quantitative estimate of drug-likeness (QED) is 0.0748. The van der Waals surface area contributed by atoms with E-state index in [1.807, 2.05) is 87.6 Å². The minimum absolute atomic E-state index is 0.0339. The van der Waals surface area contributed by atoms with Crippen LogP contribution in [0.25, 0.3) is 0 Å². The predicted molar refractivity (Wildman–Crippen MR) is 163 cm³/mol. The molecule has 0 heterocycles. The number of nitrogens with two attached hydrogens (primary N) is 1. The maximum atomic E-state index is 11.0. The van der Waals surface area contributed by atoms with Crippen molar-refractivity contribution in [2.75, 3.05) is 33.5 Å². The van der Waals surface area contributed by atoms with Crippen molar-refractivity contribution >= 4 is 21.2 Å². The summed E-state index contributed by atoms with van der Waals surface area (Å²) in [5.41, 5.74) is 7.26. The Morgan fingerprint density at radius 2 is 1.56 bits per heavy atom. The summed E-state index contributed by atoms with van der Waals surface area (Å²) in [7, 11) is 5.12. The van der Waals surface area contributed by atoms with Gasteiger partial charge in [-0.15, -0.1) is 9.24 Å². The molecule has 0 aliphatic rings. The van der Waals surface area contributed by atoms with Crippen LogP contribution in [0.5, 0.6) is 0 Å². The maximum absolute atomic E-state index is 11.0. The lowest BCUT2D eigenvalue weighted by Gasteiger charge is -2.14. The van der Waals surface area contributed by atoms with Crippen molar-refractivity contribution in [3.05, 3.63) is 110 Å². The zero-order valence-electron chi connectivity index (χ0n) is 22.8. The average Bonchev–Trinajstić information content (AvgIpc) is 2.87. The van der Waals surface area contributed by atoms with Crippen molar-refractivity contribution in [3.8, 4) is 0 Å². The third-order valence-corrected chi connectivity index (χ3v) is 4.04. The number of carbonyl (C=O) groups is 1. The summed E-state index contributed by atoms with van der Waals surface area (Å²) in [5.74, 6) is -0.487. The highest BCUT2D eigenvalue weighted by Gasteiger charge is 2.07. The van der Waals surface area contributed by atoms with E-state index in [9.17, 15) is 4.79 Å². The fourth-order valence-corrected chi connectivity index (χ4v) is 1.95. The molecule has 1 unspecified atom stereocenters. The summed E-state index contributed by atoms with van der Waals surface area (Å²) in [4.78, 5) is 12.3. The molecule has 36 heavy (non-hydrogen) atoms. The van der Waals surface area contributed by atoms with Gasteiger partial charge in [0, 0.05) is 14.2 Å². The second kappa shape index (κ2) is 34.0. The molecule has 0 spiro atoms. The van der Waals surface area contributed by atoms with Gasteiger partial charge in [-0.2, -0.15) is 0 Å². The lowest BCUT2D eigenvalue weighted by atomic mass is 10.1.